The second kappa shape index (κ2) is 10.0. The second-order valence-corrected chi connectivity index (χ2v) is 9.63. The monoisotopic (exact) mass is 632 g/mol. The lowest BCUT2D eigenvalue weighted by molar-refractivity contribution is -0.122. The first-order valence-corrected chi connectivity index (χ1v) is 12.0. The van der Waals surface area contributed by atoms with Crippen molar-refractivity contribution in [2.45, 2.75) is 6.61 Å². The molecular formula is C24H15Br3N2O4. The third-order valence-corrected chi connectivity index (χ3v) is 6.72. The molecule has 0 saturated carbocycles. The molecule has 0 spiro atoms. The maximum atomic E-state index is 13.0. The first-order chi connectivity index (χ1) is 15.8. The number of benzene rings is 3. The van der Waals surface area contributed by atoms with Crippen molar-refractivity contribution >= 4 is 77.4 Å². The summed E-state index contributed by atoms with van der Waals surface area (Å²) in [7, 11) is 0. The molecule has 1 aliphatic rings. The summed E-state index contributed by atoms with van der Waals surface area (Å²) in [5.41, 5.74) is 1.80. The van der Waals surface area contributed by atoms with Gasteiger partial charge in [-0.25, -0.2) is 9.69 Å². The fraction of sp³-hybridized carbons (Fsp3) is 0.0417. The smallest absolute Gasteiger partial charge is 0.335 e. The van der Waals surface area contributed by atoms with Crippen LogP contribution in [0.1, 0.15) is 11.1 Å². The first kappa shape index (κ1) is 23.4. The molecule has 1 aliphatic heterocycles. The molecule has 4 amide bonds. The molecule has 3 aromatic rings. The fourth-order valence-corrected chi connectivity index (χ4v) is 4.32. The molecule has 33 heavy (non-hydrogen) atoms. The maximum Gasteiger partial charge on any atom is 0.335 e. The highest BCUT2D eigenvalue weighted by Crippen LogP contribution is 2.30. The highest BCUT2D eigenvalue weighted by Gasteiger charge is 2.36. The summed E-state index contributed by atoms with van der Waals surface area (Å²) in [5, 5.41) is 2.22. The molecule has 1 heterocycles. The predicted octanol–water partition coefficient (Wildman–Crippen LogP) is 6.22. The van der Waals surface area contributed by atoms with Crippen LogP contribution < -0.4 is 15.0 Å². The minimum absolute atomic E-state index is 0.147. The van der Waals surface area contributed by atoms with Crippen LogP contribution >= 0.6 is 47.8 Å². The molecule has 4 rings (SSSR count). The summed E-state index contributed by atoms with van der Waals surface area (Å²) in [6, 6.07) is 18.8. The van der Waals surface area contributed by atoms with Gasteiger partial charge in [0.1, 0.15) is 17.9 Å². The standard InChI is InChI=1S/C24H15Br3N2O4/c25-16-6-8-17(9-7-16)29-23(31)18(22(30)28-24(29)32)11-14-5-10-21(20(27)12-14)33-13-15-3-1-2-4-19(15)26/h1-12H,13H2,(H,28,30,32)/b18-11+. The number of ether oxygens (including phenoxy) is 1. The Hall–Kier alpha value is -2.75. The minimum atomic E-state index is -0.790. The van der Waals surface area contributed by atoms with Crippen molar-refractivity contribution in [1.29, 1.82) is 0 Å². The van der Waals surface area contributed by atoms with Gasteiger partial charge in [0.15, 0.2) is 0 Å². The molecule has 6 nitrogen and oxygen atoms in total. The van der Waals surface area contributed by atoms with Crippen molar-refractivity contribution in [3.05, 3.63) is 96.8 Å². The number of nitrogens with one attached hydrogen (secondary N) is 1. The van der Waals surface area contributed by atoms with E-state index in [1.54, 1.807) is 42.5 Å². The van der Waals surface area contributed by atoms with E-state index in [1.165, 1.54) is 6.08 Å². The lowest BCUT2D eigenvalue weighted by atomic mass is 10.1. The highest BCUT2D eigenvalue weighted by molar-refractivity contribution is 9.11. The number of amides is 4. The Morgan fingerprint density at radius 1 is 0.879 bits per heavy atom. The molecule has 1 fully saturated rings. The van der Waals surface area contributed by atoms with Gasteiger partial charge in [0, 0.05) is 14.5 Å². The first-order valence-electron chi connectivity index (χ1n) is 9.66. The van der Waals surface area contributed by atoms with Gasteiger partial charge in [-0.1, -0.05) is 56.1 Å². The number of hydrogen-bond donors (Lipinski definition) is 1. The molecule has 0 bridgehead atoms. The van der Waals surface area contributed by atoms with E-state index in [0.29, 0.717) is 28.1 Å². The zero-order chi connectivity index (χ0) is 23.5. The Morgan fingerprint density at radius 2 is 1.61 bits per heavy atom. The van der Waals surface area contributed by atoms with Crippen LogP contribution in [-0.4, -0.2) is 17.8 Å². The molecule has 0 radical (unpaired) electrons. The van der Waals surface area contributed by atoms with E-state index in [-0.39, 0.29) is 5.57 Å². The van der Waals surface area contributed by atoms with Gasteiger partial charge in [0.05, 0.1) is 10.2 Å². The number of urea groups is 1. The number of halogens is 3. The van der Waals surface area contributed by atoms with E-state index in [2.05, 4.69) is 53.1 Å². The summed E-state index contributed by atoms with van der Waals surface area (Å²) < 4.78 is 8.30. The van der Waals surface area contributed by atoms with E-state index < -0.39 is 17.8 Å². The van der Waals surface area contributed by atoms with Gasteiger partial charge in [-0.3, -0.25) is 14.9 Å². The van der Waals surface area contributed by atoms with Gasteiger partial charge in [-0.15, -0.1) is 0 Å². The van der Waals surface area contributed by atoms with E-state index >= 15 is 0 Å². The fourth-order valence-electron chi connectivity index (χ4n) is 3.14. The Bertz CT molecular complexity index is 1290. The van der Waals surface area contributed by atoms with Crippen LogP contribution in [0.25, 0.3) is 6.08 Å². The quantitative estimate of drug-likeness (QED) is 0.267. The van der Waals surface area contributed by atoms with Crippen molar-refractivity contribution in [2.24, 2.45) is 0 Å². The van der Waals surface area contributed by atoms with Gasteiger partial charge in [0.2, 0.25) is 0 Å². The van der Waals surface area contributed by atoms with Crippen molar-refractivity contribution in [1.82, 2.24) is 5.32 Å². The van der Waals surface area contributed by atoms with E-state index in [0.717, 1.165) is 19.4 Å². The summed E-state index contributed by atoms with van der Waals surface area (Å²) in [4.78, 5) is 38.7. The van der Waals surface area contributed by atoms with Gasteiger partial charge < -0.3 is 4.74 Å². The minimum Gasteiger partial charge on any atom is -0.488 e. The Labute approximate surface area is 215 Å². The number of barbiturate groups is 1. The largest absolute Gasteiger partial charge is 0.488 e. The van der Waals surface area contributed by atoms with Gasteiger partial charge >= 0.3 is 6.03 Å². The number of imide groups is 2. The molecule has 0 aromatic heterocycles. The number of hydrogen-bond acceptors (Lipinski definition) is 4. The average molecular weight is 635 g/mol. The molecule has 0 unspecified atom stereocenters. The zero-order valence-electron chi connectivity index (χ0n) is 16.8. The van der Waals surface area contributed by atoms with Crippen LogP contribution in [-0.2, 0) is 16.2 Å². The number of rotatable bonds is 5. The lowest BCUT2D eigenvalue weighted by Gasteiger charge is -2.26. The molecule has 1 N–H and O–H groups in total. The van der Waals surface area contributed by atoms with Gasteiger partial charge in [-0.05, 0) is 70.0 Å². The summed E-state index contributed by atoms with van der Waals surface area (Å²) in [6.07, 6.45) is 1.44. The molecule has 9 heteroatoms. The van der Waals surface area contributed by atoms with Crippen LogP contribution in [0.4, 0.5) is 10.5 Å². The zero-order valence-corrected chi connectivity index (χ0v) is 21.6. The average Bonchev–Trinajstić information content (AvgIpc) is 2.78. The predicted molar refractivity (Wildman–Crippen MR) is 136 cm³/mol. The van der Waals surface area contributed by atoms with Crippen molar-refractivity contribution in [2.75, 3.05) is 4.90 Å². The van der Waals surface area contributed by atoms with Crippen LogP contribution in [0.2, 0.25) is 0 Å². The van der Waals surface area contributed by atoms with Crippen LogP contribution in [0, 0.1) is 0 Å². The number of anilines is 1. The van der Waals surface area contributed by atoms with E-state index in [4.69, 9.17) is 4.74 Å². The Balaban J connectivity index is 1.57. The molecule has 0 aliphatic carbocycles. The molecule has 1 saturated heterocycles. The number of carbonyl (C=O) groups excluding carboxylic acids is 3. The van der Waals surface area contributed by atoms with Crippen LogP contribution in [0.3, 0.4) is 0 Å². The molecule has 3 aromatic carbocycles. The SMILES string of the molecule is O=C1NC(=O)N(c2ccc(Br)cc2)C(=O)/C1=C/c1ccc(OCc2ccccc2Br)c(Br)c1. The lowest BCUT2D eigenvalue weighted by Crippen LogP contribution is -2.54. The van der Waals surface area contributed by atoms with Gasteiger partial charge in [-0.2, -0.15) is 0 Å². The summed E-state index contributed by atoms with van der Waals surface area (Å²) in [5.74, 6) is -0.834. The van der Waals surface area contributed by atoms with Crippen LogP contribution in [0.5, 0.6) is 5.75 Å². The summed E-state index contributed by atoms with van der Waals surface area (Å²) >= 11 is 10.3. The normalized spacial score (nSPS) is 15.1. The molecular weight excluding hydrogens is 620 g/mol. The third kappa shape index (κ3) is 5.26. The Morgan fingerprint density at radius 3 is 2.30 bits per heavy atom. The molecule has 0 atom stereocenters. The summed E-state index contributed by atoms with van der Waals surface area (Å²) in [6.45, 7) is 0.367. The molecule has 166 valence electrons. The van der Waals surface area contributed by atoms with Crippen molar-refractivity contribution in [3.8, 4) is 5.75 Å². The number of nitrogens with zero attached hydrogens (tertiary/aromatic N) is 1. The van der Waals surface area contributed by atoms with Crippen molar-refractivity contribution in [3.63, 3.8) is 0 Å². The maximum absolute atomic E-state index is 13.0. The highest BCUT2D eigenvalue weighted by atomic mass is 79.9. The number of carbonyl (C=O) groups is 3. The van der Waals surface area contributed by atoms with Crippen molar-refractivity contribution < 1.29 is 19.1 Å². The third-order valence-electron chi connectivity index (χ3n) is 4.79. The van der Waals surface area contributed by atoms with E-state index in [9.17, 15) is 14.4 Å². The van der Waals surface area contributed by atoms with Gasteiger partial charge in [0.25, 0.3) is 11.8 Å². The van der Waals surface area contributed by atoms with Crippen LogP contribution in [0.15, 0.2) is 85.7 Å². The van der Waals surface area contributed by atoms with E-state index in [1.807, 2.05) is 24.3 Å². The topological polar surface area (TPSA) is 75.7 Å². The second-order valence-electron chi connectivity index (χ2n) is 7.00. The Kier molecular flexibility index (Phi) is 7.11.